The van der Waals surface area contributed by atoms with Crippen LogP contribution in [0.15, 0.2) is 34.1 Å². The van der Waals surface area contributed by atoms with E-state index in [9.17, 15) is 14.9 Å². The second-order valence-electron chi connectivity index (χ2n) is 8.23. The van der Waals surface area contributed by atoms with Crippen molar-refractivity contribution in [1.29, 1.82) is 0 Å². The molecule has 2 heterocycles. The topological polar surface area (TPSA) is 97.6 Å². The van der Waals surface area contributed by atoms with Crippen molar-refractivity contribution in [3.8, 4) is 0 Å². The van der Waals surface area contributed by atoms with E-state index in [1.54, 1.807) is 20.8 Å². The number of benzene rings is 1. The van der Waals surface area contributed by atoms with E-state index in [0.29, 0.717) is 33.9 Å². The van der Waals surface area contributed by atoms with E-state index in [0.717, 1.165) is 27.8 Å². The van der Waals surface area contributed by atoms with Crippen molar-refractivity contribution in [1.82, 2.24) is 4.98 Å². The molecule has 7 nitrogen and oxygen atoms in total. The number of hydrogen-bond acceptors (Lipinski definition) is 5. The van der Waals surface area contributed by atoms with Gasteiger partial charge in [0.05, 0.1) is 34.1 Å². The smallest absolute Gasteiger partial charge is 0.340 e. The molecule has 1 aromatic carbocycles. The standard InChI is InChI=1S/C25H29N3O4/c1-9-32-25(29)20-15(5)22(26-17(20)7)21(19-10-12(2)14(4)13(3)11-19)23-16(6)24(28(30)31)18(8)27-23/h10-11,26H,9H2,1-8H3. The number of carbonyl (C=O) groups is 1. The van der Waals surface area contributed by atoms with Crippen molar-refractivity contribution in [2.75, 3.05) is 6.61 Å². The lowest BCUT2D eigenvalue weighted by Gasteiger charge is -2.15. The summed E-state index contributed by atoms with van der Waals surface area (Å²) in [6.07, 6.45) is 0. The number of aryl methyl sites for hydroxylation is 3. The molecule has 0 fully saturated rings. The Bertz CT molecular complexity index is 1220. The molecule has 0 saturated heterocycles. The van der Waals surface area contributed by atoms with E-state index in [1.807, 2.05) is 27.7 Å². The van der Waals surface area contributed by atoms with E-state index in [2.05, 4.69) is 29.0 Å². The minimum Gasteiger partial charge on any atom is -0.462 e. The van der Waals surface area contributed by atoms with E-state index in [1.165, 1.54) is 5.56 Å². The number of aliphatic imine (C=N–C) groups is 1. The number of allylic oxidation sites excluding steroid dienone is 2. The van der Waals surface area contributed by atoms with Crippen LogP contribution < -0.4 is 0 Å². The second kappa shape index (κ2) is 8.57. The monoisotopic (exact) mass is 435 g/mol. The van der Waals surface area contributed by atoms with Crippen molar-refractivity contribution < 1.29 is 14.5 Å². The molecule has 0 amide bonds. The average Bonchev–Trinajstić information content (AvgIpc) is 3.15. The predicted molar refractivity (Wildman–Crippen MR) is 126 cm³/mol. The predicted octanol–water partition coefficient (Wildman–Crippen LogP) is 5.52. The van der Waals surface area contributed by atoms with Crippen molar-refractivity contribution in [2.24, 2.45) is 4.99 Å². The Hall–Kier alpha value is -3.48. The maximum Gasteiger partial charge on any atom is 0.340 e. The minimum atomic E-state index is -0.394. The molecule has 7 heteroatoms. The highest BCUT2D eigenvalue weighted by Crippen LogP contribution is 2.39. The number of nitro groups is 1. The van der Waals surface area contributed by atoms with Gasteiger partial charge in [0.2, 0.25) is 0 Å². The van der Waals surface area contributed by atoms with Gasteiger partial charge in [0.15, 0.2) is 0 Å². The summed E-state index contributed by atoms with van der Waals surface area (Å²) in [4.78, 5) is 31.8. The molecule has 1 aliphatic rings. The van der Waals surface area contributed by atoms with Crippen LogP contribution in [0.5, 0.6) is 0 Å². The summed E-state index contributed by atoms with van der Waals surface area (Å²) < 4.78 is 5.25. The molecule has 0 unspecified atom stereocenters. The molecular weight excluding hydrogens is 406 g/mol. The molecule has 0 spiro atoms. The number of esters is 1. The van der Waals surface area contributed by atoms with Gasteiger partial charge < -0.3 is 9.72 Å². The number of aromatic amines is 1. The number of nitrogens with one attached hydrogen (secondary N) is 1. The van der Waals surface area contributed by atoms with Gasteiger partial charge in [-0.25, -0.2) is 9.79 Å². The fourth-order valence-electron chi connectivity index (χ4n) is 4.29. The van der Waals surface area contributed by atoms with Crippen LogP contribution in [0.1, 0.15) is 70.3 Å². The molecule has 32 heavy (non-hydrogen) atoms. The van der Waals surface area contributed by atoms with Gasteiger partial charge in [-0.1, -0.05) is 12.1 Å². The molecule has 0 bridgehead atoms. The van der Waals surface area contributed by atoms with Crippen LogP contribution in [0.4, 0.5) is 0 Å². The molecule has 3 rings (SSSR count). The zero-order chi connectivity index (χ0) is 23.9. The zero-order valence-electron chi connectivity index (χ0n) is 19.9. The Labute approximate surface area is 188 Å². The number of aromatic nitrogens is 1. The lowest BCUT2D eigenvalue weighted by molar-refractivity contribution is -0.415. The normalized spacial score (nSPS) is 15.2. The van der Waals surface area contributed by atoms with Gasteiger partial charge in [0.1, 0.15) is 5.71 Å². The first-order valence-electron chi connectivity index (χ1n) is 10.6. The third-order valence-electron chi connectivity index (χ3n) is 6.13. The Morgan fingerprint density at radius 3 is 2.16 bits per heavy atom. The third kappa shape index (κ3) is 3.79. The average molecular weight is 436 g/mol. The summed E-state index contributed by atoms with van der Waals surface area (Å²) in [5, 5.41) is 11.7. The Balaban J connectivity index is 2.42. The lowest BCUT2D eigenvalue weighted by atomic mass is 9.91. The summed E-state index contributed by atoms with van der Waals surface area (Å²) in [5.41, 5.74) is 9.07. The van der Waals surface area contributed by atoms with Crippen LogP contribution in [-0.4, -0.2) is 28.2 Å². The van der Waals surface area contributed by atoms with Crippen molar-refractivity contribution in [2.45, 2.75) is 55.4 Å². The molecule has 0 saturated carbocycles. The number of hydrogen-bond donors (Lipinski definition) is 1. The van der Waals surface area contributed by atoms with Crippen LogP contribution in [-0.2, 0) is 4.74 Å². The molecule has 0 aliphatic carbocycles. The molecule has 0 radical (unpaired) electrons. The molecule has 1 N–H and O–H groups in total. The van der Waals surface area contributed by atoms with Crippen LogP contribution in [0.2, 0.25) is 0 Å². The van der Waals surface area contributed by atoms with Gasteiger partial charge >= 0.3 is 5.97 Å². The van der Waals surface area contributed by atoms with Gasteiger partial charge in [-0.3, -0.25) is 10.1 Å². The number of ether oxygens (including phenoxy) is 1. The number of H-pyrrole nitrogens is 1. The summed E-state index contributed by atoms with van der Waals surface area (Å²) in [7, 11) is 0. The number of rotatable bonds is 5. The van der Waals surface area contributed by atoms with Crippen molar-refractivity contribution >= 4 is 17.3 Å². The first kappa shape index (κ1) is 23.2. The first-order chi connectivity index (χ1) is 15.0. The quantitative estimate of drug-likeness (QED) is 0.380. The Morgan fingerprint density at radius 1 is 1.06 bits per heavy atom. The molecule has 1 aliphatic heterocycles. The fraction of sp³-hybridized carbons (Fsp3) is 0.360. The maximum absolute atomic E-state index is 12.6. The van der Waals surface area contributed by atoms with Crippen LogP contribution in [0.25, 0.3) is 5.57 Å². The van der Waals surface area contributed by atoms with Crippen molar-refractivity contribution in [3.63, 3.8) is 0 Å². The van der Waals surface area contributed by atoms with E-state index >= 15 is 0 Å². The molecule has 0 atom stereocenters. The lowest BCUT2D eigenvalue weighted by Crippen LogP contribution is -2.07. The fourth-order valence-corrected chi connectivity index (χ4v) is 4.29. The summed E-state index contributed by atoms with van der Waals surface area (Å²) in [5.74, 6) is -0.394. The summed E-state index contributed by atoms with van der Waals surface area (Å²) in [6.45, 7) is 15.2. The SMILES string of the molecule is CCOC(=O)c1c(C)[nH]c(C(=C2N=C(C)C([N+](=O)[O-])=C2C)c2cc(C)c(C)c(C)c2)c1C. The van der Waals surface area contributed by atoms with Gasteiger partial charge in [-0.2, -0.15) is 0 Å². The third-order valence-corrected chi connectivity index (χ3v) is 6.13. The van der Waals surface area contributed by atoms with Crippen LogP contribution >= 0.6 is 0 Å². The van der Waals surface area contributed by atoms with Gasteiger partial charge in [-0.15, -0.1) is 0 Å². The van der Waals surface area contributed by atoms with Gasteiger partial charge in [0, 0.05) is 11.3 Å². The Kier molecular flexibility index (Phi) is 6.21. The Morgan fingerprint density at radius 2 is 1.66 bits per heavy atom. The highest BCUT2D eigenvalue weighted by atomic mass is 16.6. The van der Waals surface area contributed by atoms with E-state index in [-0.39, 0.29) is 17.2 Å². The number of nitrogens with zero attached hydrogens (tertiary/aromatic N) is 2. The van der Waals surface area contributed by atoms with Gasteiger partial charge in [-0.05, 0) is 83.2 Å². The second-order valence-corrected chi connectivity index (χ2v) is 8.23. The van der Waals surface area contributed by atoms with E-state index < -0.39 is 5.97 Å². The molecular formula is C25H29N3O4. The van der Waals surface area contributed by atoms with Gasteiger partial charge in [0.25, 0.3) is 5.70 Å². The zero-order valence-corrected chi connectivity index (χ0v) is 19.9. The largest absolute Gasteiger partial charge is 0.462 e. The minimum absolute atomic E-state index is 0.0182. The molecule has 168 valence electrons. The van der Waals surface area contributed by atoms with Crippen LogP contribution in [0, 0.1) is 44.7 Å². The highest BCUT2D eigenvalue weighted by Gasteiger charge is 2.32. The summed E-state index contributed by atoms with van der Waals surface area (Å²) in [6, 6.07) is 4.12. The maximum atomic E-state index is 12.6. The number of carbonyl (C=O) groups excluding carboxylic acids is 1. The molecule has 1 aromatic heterocycles. The van der Waals surface area contributed by atoms with Crippen molar-refractivity contribution in [3.05, 3.63) is 84.0 Å². The first-order valence-corrected chi connectivity index (χ1v) is 10.6. The summed E-state index contributed by atoms with van der Waals surface area (Å²) >= 11 is 0. The molecule has 2 aromatic rings. The van der Waals surface area contributed by atoms with E-state index in [4.69, 9.17) is 4.74 Å². The highest BCUT2D eigenvalue weighted by molar-refractivity contribution is 6.04. The van der Waals surface area contributed by atoms with Crippen LogP contribution in [0.3, 0.4) is 0 Å².